The fourth-order valence-electron chi connectivity index (χ4n) is 4.72. The predicted molar refractivity (Wildman–Crippen MR) is 140 cm³/mol. The molecule has 0 bridgehead atoms. The van der Waals surface area contributed by atoms with Crippen LogP contribution in [0.25, 0.3) is 16.9 Å². The molecule has 2 heterocycles. The zero-order chi connectivity index (χ0) is 25.1. The maximum Gasteiger partial charge on any atom is 0.343 e. The number of anilines is 1. The minimum Gasteiger partial charge on any atom is -0.497 e. The topological polar surface area (TPSA) is 74.1 Å². The van der Waals surface area contributed by atoms with E-state index in [1.165, 1.54) is 19.3 Å². The molecule has 0 radical (unpaired) electrons. The number of hydrogen-bond donors (Lipinski definition) is 1. The van der Waals surface area contributed by atoms with E-state index in [9.17, 15) is 4.79 Å². The molecule has 1 N–H and O–H groups in total. The van der Waals surface area contributed by atoms with Crippen molar-refractivity contribution in [1.82, 2.24) is 9.38 Å². The van der Waals surface area contributed by atoms with E-state index in [4.69, 9.17) is 19.2 Å². The van der Waals surface area contributed by atoms with Crippen molar-refractivity contribution in [3.05, 3.63) is 71.9 Å². The van der Waals surface area contributed by atoms with Crippen LogP contribution in [0.1, 0.15) is 48.0 Å². The Bertz CT molecular complexity index is 1370. The number of pyridine rings is 1. The van der Waals surface area contributed by atoms with Crippen LogP contribution in [0, 0.1) is 6.92 Å². The van der Waals surface area contributed by atoms with Gasteiger partial charge in [0.2, 0.25) is 0 Å². The highest BCUT2D eigenvalue weighted by Gasteiger charge is 2.20. The van der Waals surface area contributed by atoms with Crippen molar-refractivity contribution in [2.45, 2.75) is 45.1 Å². The lowest BCUT2D eigenvalue weighted by Crippen LogP contribution is -2.23. The van der Waals surface area contributed by atoms with E-state index in [-0.39, 0.29) is 0 Å². The Hall–Kier alpha value is -4.00. The average Bonchev–Trinajstić information content (AvgIpc) is 3.26. The van der Waals surface area contributed by atoms with E-state index in [0.717, 1.165) is 41.1 Å². The fourth-order valence-corrected chi connectivity index (χ4v) is 4.72. The number of carbonyl (C=O) groups excluding carboxylic acids is 1. The zero-order valence-electron chi connectivity index (χ0n) is 20.9. The van der Waals surface area contributed by atoms with E-state index >= 15 is 0 Å². The number of methoxy groups -OCH3 is 2. The molecular weight excluding hydrogens is 454 g/mol. The molecule has 2 aromatic carbocycles. The van der Waals surface area contributed by atoms with Gasteiger partial charge in [0, 0.05) is 23.9 Å². The van der Waals surface area contributed by atoms with E-state index in [1.807, 2.05) is 18.2 Å². The molecule has 0 amide bonds. The molecule has 1 saturated carbocycles. The molecule has 0 saturated heterocycles. The number of fused-ring (bicyclic) bond motifs is 1. The second-order valence-electron chi connectivity index (χ2n) is 9.24. The van der Waals surface area contributed by atoms with E-state index in [2.05, 4.69) is 35.0 Å². The maximum absolute atomic E-state index is 12.9. The highest BCUT2D eigenvalue weighted by molar-refractivity contribution is 5.92. The first kappa shape index (κ1) is 23.7. The summed E-state index contributed by atoms with van der Waals surface area (Å²) in [6, 6.07) is 17.1. The number of benzene rings is 2. The molecular formula is C29H31N3O4. The number of imidazole rings is 1. The van der Waals surface area contributed by atoms with Crippen LogP contribution in [0.5, 0.6) is 17.2 Å². The summed E-state index contributed by atoms with van der Waals surface area (Å²) in [4.78, 5) is 17.9. The minimum atomic E-state index is -0.490. The molecule has 36 heavy (non-hydrogen) atoms. The summed E-state index contributed by atoms with van der Waals surface area (Å²) in [5.41, 5.74) is 4.10. The second kappa shape index (κ2) is 10.3. The Morgan fingerprint density at radius 1 is 0.944 bits per heavy atom. The van der Waals surface area contributed by atoms with Crippen molar-refractivity contribution >= 4 is 17.4 Å². The molecule has 0 aliphatic heterocycles. The standard InChI is InChI=1S/C29H31N3O4/c1-19-12-13-32-26(14-19)31-27(28(32)30-22-9-5-4-6-10-22)20-8-7-11-23(15-20)36-29(33)21-16-24(34-2)18-25(17-21)35-3/h7-8,11-18,22,30H,4-6,9-10H2,1-3H3. The largest absolute Gasteiger partial charge is 0.497 e. The molecule has 7 nitrogen and oxygen atoms in total. The Morgan fingerprint density at radius 3 is 2.42 bits per heavy atom. The van der Waals surface area contributed by atoms with E-state index < -0.39 is 5.97 Å². The number of carbonyl (C=O) groups is 1. The Kier molecular flexibility index (Phi) is 6.80. The van der Waals surface area contributed by atoms with E-state index in [0.29, 0.717) is 28.9 Å². The lowest BCUT2D eigenvalue weighted by molar-refractivity contribution is 0.0734. The fraction of sp³-hybridized carbons (Fsp3) is 0.310. The quantitative estimate of drug-likeness (QED) is 0.245. The monoisotopic (exact) mass is 485 g/mol. The summed E-state index contributed by atoms with van der Waals surface area (Å²) in [6.45, 7) is 2.07. The Balaban J connectivity index is 1.47. The van der Waals surface area contributed by atoms with Crippen LogP contribution in [0.3, 0.4) is 0 Å². The van der Waals surface area contributed by atoms with E-state index in [1.54, 1.807) is 38.5 Å². The molecule has 5 rings (SSSR count). The number of aryl methyl sites for hydroxylation is 1. The third-order valence-corrected chi connectivity index (χ3v) is 6.63. The number of nitrogens with zero attached hydrogens (tertiary/aromatic N) is 2. The first-order valence-corrected chi connectivity index (χ1v) is 12.3. The normalized spacial score (nSPS) is 14.0. The van der Waals surface area contributed by atoms with Gasteiger partial charge in [0.15, 0.2) is 0 Å². The van der Waals surface area contributed by atoms with Crippen molar-refractivity contribution in [2.75, 3.05) is 19.5 Å². The third kappa shape index (κ3) is 5.00. The summed E-state index contributed by atoms with van der Waals surface area (Å²) in [7, 11) is 3.09. The summed E-state index contributed by atoms with van der Waals surface area (Å²) in [6.07, 6.45) is 8.14. The van der Waals surface area contributed by atoms with Crippen LogP contribution in [0.2, 0.25) is 0 Å². The van der Waals surface area contributed by atoms with Gasteiger partial charge < -0.3 is 19.5 Å². The molecule has 1 aliphatic carbocycles. The zero-order valence-corrected chi connectivity index (χ0v) is 20.9. The number of aromatic nitrogens is 2. The van der Waals surface area contributed by atoms with Crippen molar-refractivity contribution < 1.29 is 19.0 Å². The van der Waals surface area contributed by atoms with Crippen molar-refractivity contribution in [3.8, 4) is 28.5 Å². The lowest BCUT2D eigenvalue weighted by Gasteiger charge is -2.24. The second-order valence-corrected chi connectivity index (χ2v) is 9.24. The van der Waals surface area contributed by atoms with Gasteiger partial charge in [0.05, 0.1) is 19.8 Å². The molecule has 7 heteroatoms. The smallest absolute Gasteiger partial charge is 0.343 e. The molecule has 0 spiro atoms. The van der Waals surface area contributed by atoms with Gasteiger partial charge >= 0.3 is 5.97 Å². The Morgan fingerprint density at radius 2 is 1.69 bits per heavy atom. The highest BCUT2D eigenvalue weighted by Crippen LogP contribution is 2.34. The summed E-state index contributed by atoms with van der Waals surface area (Å²) in [5.74, 6) is 1.96. The van der Waals surface area contributed by atoms with Crippen LogP contribution in [0.15, 0.2) is 60.8 Å². The lowest BCUT2D eigenvalue weighted by atomic mass is 9.95. The summed E-state index contributed by atoms with van der Waals surface area (Å²) >= 11 is 0. The number of rotatable bonds is 7. The molecule has 4 aromatic rings. The first-order chi connectivity index (χ1) is 17.5. The SMILES string of the molecule is COc1cc(OC)cc(C(=O)Oc2cccc(-c3nc4cc(C)ccn4c3NC3CCCCC3)c2)c1. The Labute approximate surface area is 211 Å². The minimum absolute atomic E-state index is 0.347. The van der Waals surface area contributed by atoms with Crippen LogP contribution < -0.4 is 19.5 Å². The number of hydrogen-bond acceptors (Lipinski definition) is 6. The van der Waals surface area contributed by atoms with Crippen molar-refractivity contribution in [3.63, 3.8) is 0 Å². The van der Waals surface area contributed by atoms with Gasteiger partial charge in [0.1, 0.15) is 34.4 Å². The molecule has 2 aromatic heterocycles. The van der Waals surface area contributed by atoms with Gasteiger partial charge in [-0.1, -0.05) is 31.4 Å². The first-order valence-electron chi connectivity index (χ1n) is 12.3. The number of ether oxygens (including phenoxy) is 3. The molecule has 0 unspecified atom stereocenters. The van der Waals surface area contributed by atoms with Crippen molar-refractivity contribution in [2.24, 2.45) is 0 Å². The van der Waals surface area contributed by atoms with Gasteiger partial charge in [-0.25, -0.2) is 9.78 Å². The molecule has 1 fully saturated rings. The average molecular weight is 486 g/mol. The molecule has 186 valence electrons. The number of nitrogens with one attached hydrogen (secondary N) is 1. The highest BCUT2D eigenvalue weighted by atomic mass is 16.5. The number of esters is 1. The van der Waals surface area contributed by atoms with Crippen molar-refractivity contribution in [1.29, 1.82) is 0 Å². The predicted octanol–water partition coefficient (Wildman–Crippen LogP) is 6.29. The van der Waals surface area contributed by atoms with Crippen LogP contribution >= 0.6 is 0 Å². The van der Waals surface area contributed by atoms with Gasteiger partial charge in [-0.2, -0.15) is 0 Å². The summed E-state index contributed by atoms with van der Waals surface area (Å²) < 4.78 is 18.4. The molecule has 1 aliphatic rings. The van der Waals surface area contributed by atoms with Crippen LogP contribution in [0.4, 0.5) is 5.82 Å². The maximum atomic E-state index is 12.9. The third-order valence-electron chi connectivity index (χ3n) is 6.63. The van der Waals surface area contributed by atoms with Crippen LogP contribution in [-0.2, 0) is 0 Å². The van der Waals surface area contributed by atoms with Gasteiger partial charge in [-0.05, 0) is 61.7 Å². The van der Waals surface area contributed by atoms with Gasteiger partial charge in [-0.3, -0.25) is 4.40 Å². The van der Waals surface area contributed by atoms with Gasteiger partial charge in [-0.15, -0.1) is 0 Å². The van der Waals surface area contributed by atoms with Gasteiger partial charge in [0.25, 0.3) is 0 Å². The summed E-state index contributed by atoms with van der Waals surface area (Å²) in [5, 5.41) is 3.77. The molecule has 0 atom stereocenters. The van der Waals surface area contributed by atoms with Crippen LogP contribution in [-0.4, -0.2) is 35.6 Å².